The Bertz CT molecular complexity index is 580. The van der Waals surface area contributed by atoms with E-state index in [9.17, 15) is 14.7 Å². The predicted octanol–water partition coefficient (Wildman–Crippen LogP) is 3.54. The van der Waals surface area contributed by atoms with Crippen LogP contribution in [0, 0.1) is 13.8 Å². The minimum Gasteiger partial charge on any atom is -0.480 e. The van der Waals surface area contributed by atoms with Gasteiger partial charge in [-0.3, -0.25) is 0 Å². The average Bonchev–Trinajstić information content (AvgIpc) is 2.77. The van der Waals surface area contributed by atoms with E-state index >= 15 is 0 Å². The SMILES string of the molecule is Cc1cc(Br)cc(C)c1NC(=O)N1CCCC1(C)C(=O)O. The molecule has 0 bridgehead atoms. The number of halogens is 1. The van der Waals surface area contributed by atoms with E-state index < -0.39 is 11.5 Å². The van der Waals surface area contributed by atoms with Gasteiger partial charge in [-0.1, -0.05) is 15.9 Å². The topological polar surface area (TPSA) is 69.6 Å². The normalized spacial score (nSPS) is 21.4. The molecule has 0 aliphatic carbocycles. The zero-order valence-corrected chi connectivity index (χ0v) is 14.0. The first kappa shape index (κ1) is 15.8. The van der Waals surface area contributed by atoms with E-state index in [-0.39, 0.29) is 6.03 Å². The Hall–Kier alpha value is -1.56. The van der Waals surface area contributed by atoms with Crippen LogP contribution in [0.25, 0.3) is 0 Å². The number of nitrogens with zero attached hydrogens (tertiary/aromatic N) is 1. The first-order valence-corrected chi connectivity index (χ1v) is 7.64. The van der Waals surface area contributed by atoms with Crippen LogP contribution in [0.1, 0.15) is 30.9 Å². The third-order valence-electron chi connectivity index (χ3n) is 4.08. The van der Waals surface area contributed by atoms with Crippen LogP contribution in [0.15, 0.2) is 16.6 Å². The van der Waals surface area contributed by atoms with E-state index in [0.29, 0.717) is 19.4 Å². The van der Waals surface area contributed by atoms with Gasteiger partial charge in [0.15, 0.2) is 0 Å². The van der Waals surface area contributed by atoms with Crippen molar-refractivity contribution in [2.75, 3.05) is 11.9 Å². The Morgan fingerprint density at radius 2 is 1.90 bits per heavy atom. The van der Waals surface area contributed by atoms with Crippen LogP contribution in [0.4, 0.5) is 10.5 Å². The molecule has 1 atom stereocenters. The summed E-state index contributed by atoms with van der Waals surface area (Å²) in [6.45, 7) is 5.88. The molecule has 2 N–H and O–H groups in total. The van der Waals surface area contributed by atoms with Gasteiger partial charge in [0.05, 0.1) is 0 Å². The van der Waals surface area contributed by atoms with Gasteiger partial charge in [0.25, 0.3) is 0 Å². The number of carbonyl (C=O) groups excluding carboxylic acids is 1. The molecule has 1 heterocycles. The third-order valence-corrected chi connectivity index (χ3v) is 4.53. The Labute approximate surface area is 132 Å². The zero-order chi connectivity index (χ0) is 15.8. The van der Waals surface area contributed by atoms with Crippen molar-refractivity contribution in [2.24, 2.45) is 0 Å². The van der Waals surface area contributed by atoms with Gasteiger partial charge in [0.2, 0.25) is 0 Å². The number of nitrogens with one attached hydrogen (secondary N) is 1. The van der Waals surface area contributed by atoms with Crippen LogP contribution in [-0.2, 0) is 4.79 Å². The molecule has 21 heavy (non-hydrogen) atoms. The van der Waals surface area contributed by atoms with Crippen molar-refractivity contribution >= 4 is 33.6 Å². The van der Waals surface area contributed by atoms with Crippen molar-refractivity contribution in [3.8, 4) is 0 Å². The van der Waals surface area contributed by atoms with Crippen LogP contribution in [0.5, 0.6) is 0 Å². The van der Waals surface area contributed by atoms with Gasteiger partial charge >= 0.3 is 12.0 Å². The summed E-state index contributed by atoms with van der Waals surface area (Å²) in [4.78, 5) is 25.3. The van der Waals surface area contributed by atoms with Gasteiger partial charge in [-0.15, -0.1) is 0 Å². The Morgan fingerprint density at radius 3 is 2.43 bits per heavy atom. The number of anilines is 1. The van der Waals surface area contributed by atoms with E-state index in [1.54, 1.807) is 6.92 Å². The molecule has 2 rings (SSSR count). The molecule has 5 nitrogen and oxygen atoms in total. The monoisotopic (exact) mass is 354 g/mol. The van der Waals surface area contributed by atoms with Crippen LogP contribution in [0.2, 0.25) is 0 Å². The van der Waals surface area contributed by atoms with Gasteiger partial charge in [-0.2, -0.15) is 0 Å². The van der Waals surface area contributed by atoms with E-state index in [4.69, 9.17) is 0 Å². The quantitative estimate of drug-likeness (QED) is 0.853. The lowest BCUT2D eigenvalue weighted by atomic mass is 10.00. The molecule has 114 valence electrons. The number of hydrogen-bond donors (Lipinski definition) is 2. The second-order valence-electron chi connectivity index (χ2n) is 5.68. The fourth-order valence-corrected chi connectivity index (χ4v) is 3.48. The summed E-state index contributed by atoms with van der Waals surface area (Å²) in [6, 6.07) is 3.48. The highest BCUT2D eigenvalue weighted by Gasteiger charge is 2.46. The number of carboxylic acids is 1. The summed E-state index contributed by atoms with van der Waals surface area (Å²) < 4.78 is 0.951. The number of carbonyl (C=O) groups is 2. The van der Waals surface area contributed by atoms with Gasteiger partial charge in [-0.25, -0.2) is 9.59 Å². The molecule has 2 amide bonds. The summed E-state index contributed by atoms with van der Waals surface area (Å²) >= 11 is 3.42. The molecule has 0 saturated carbocycles. The summed E-state index contributed by atoms with van der Waals surface area (Å²) in [5.74, 6) is -0.959. The lowest BCUT2D eigenvalue weighted by Gasteiger charge is -2.31. The summed E-state index contributed by atoms with van der Waals surface area (Å²) in [5.41, 5.74) is 1.49. The van der Waals surface area contributed by atoms with Crippen LogP contribution >= 0.6 is 15.9 Å². The molecule has 0 aromatic heterocycles. The molecule has 1 aromatic carbocycles. The third kappa shape index (κ3) is 2.90. The Balaban J connectivity index is 2.25. The number of aryl methyl sites for hydroxylation is 2. The molecule has 1 unspecified atom stereocenters. The smallest absolute Gasteiger partial charge is 0.329 e. The van der Waals surface area contributed by atoms with Crippen molar-refractivity contribution in [3.05, 3.63) is 27.7 Å². The maximum Gasteiger partial charge on any atom is 0.329 e. The largest absolute Gasteiger partial charge is 0.480 e. The zero-order valence-electron chi connectivity index (χ0n) is 12.4. The molecule has 0 spiro atoms. The minimum absolute atomic E-state index is 0.356. The highest BCUT2D eigenvalue weighted by atomic mass is 79.9. The lowest BCUT2D eigenvalue weighted by molar-refractivity contribution is -0.146. The van der Waals surface area contributed by atoms with Gasteiger partial charge in [0.1, 0.15) is 5.54 Å². The second kappa shape index (κ2) is 5.67. The van der Waals surface area contributed by atoms with Crippen LogP contribution < -0.4 is 5.32 Å². The summed E-state index contributed by atoms with van der Waals surface area (Å²) in [7, 11) is 0. The van der Waals surface area contributed by atoms with E-state index in [1.165, 1.54) is 4.90 Å². The van der Waals surface area contributed by atoms with Crippen molar-refractivity contribution in [1.82, 2.24) is 4.90 Å². The second-order valence-corrected chi connectivity index (χ2v) is 6.59. The average molecular weight is 355 g/mol. The minimum atomic E-state index is -1.12. The Kier molecular flexibility index (Phi) is 4.27. The van der Waals surface area contributed by atoms with Crippen LogP contribution in [-0.4, -0.2) is 34.1 Å². The number of aliphatic carboxylic acids is 1. The fraction of sp³-hybridized carbons (Fsp3) is 0.467. The number of amides is 2. The van der Waals surface area contributed by atoms with Gasteiger partial charge in [0, 0.05) is 16.7 Å². The molecule has 1 saturated heterocycles. The summed E-state index contributed by atoms with van der Waals surface area (Å²) in [5, 5.41) is 12.2. The number of likely N-dealkylation sites (tertiary alicyclic amines) is 1. The molecule has 1 aromatic rings. The van der Waals surface area contributed by atoms with Gasteiger partial charge < -0.3 is 15.3 Å². The Morgan fingerprint density at radius 1 is 1.33 bits per heavy atom. The van der Waals surface area contributed by atoms with Crippen molar-refractivity contribution in [1.29, 1.82) is 0 Å². The van der Waals surface area contributed by atoms with E-state index in [2.05, 4.69) is 21.2 Å². The maximum atomic E-state index is 12.5. The molecule has 1 fully saturated rings. The van der Waals surface area contributed by atoms with Crippen molar-refractivity contribution in [2.45, 2.75) is 39.2 Å². The van der Waals surface area contributed by atoms with Crippen LogP contribution in [0.3, 0.4) is 0 Å². The first-order chi connectivity index (χ1) is 9.75. The number of urea groups is 1. The molecule has 1 aliphatic rings. The molecular formula is C15H19BrN2O3. The summed E-state index contributed by atoms with van der Waals surface area (Å²) in [6.07, 6.45) is 1.18. The number of benzene rings is 1. The fourth-order valence-electron chi connectivity index (χ4n) is 2.79. The van der Waals surface area contributed by atoms with E-state index in [1.807, 2.05) is 26.0 Å². The highest BCUT2D eigenvalue weighted by molar-refractivity contribution is 9.10. The molecule has 0 radical (unpaired) electrons. The lowest BCUT2D eigenvalue weighted by Crippen LogP contribution is -2.52. The van der Waals surface area contributed by atoms with E-state index in [0.717, 1.165) is 21.3 Å². The van der Waals surface area contributed by atoms with Gasteiger partial charge in [-0.05, 0) is 56.9 Å². The van der Waals surface area contributed by atoms with Crippen molar-refractivity contribution < 1.29 is 14.7 Å². The standard InChI is InChI=1S/C15H19BrN2O3/c1-9-7-11(16)8-10(2)12(9)17-14(21)18-6-4-5-15(18,3)13(19)20/h7-8H,4-6H2,1-3H3,(H,17,21)(H,19,20). The first-order valence-electron chi connectivity index (χ1n) is 6.84. The number of rotatable bonds is 2. The highest BCUT2D eigenvalue weighted by Crippen LogP contribution is 2.31. The van der Waals surface area contributed by atoms with Crippen molar-refractivity contribution in [3.63, 3.8) is 0 Å². The number of carboxylic acid groups (broad SMARTS) is 1. The molecular weight excluding hydrogens is 336 g/mol. The molecule has 6 heteroatoms. The molecule has 1 aliphatic heterocycles. The number of hydrogen-bond acceptors (Lipinski definition) is 2. The maximum absolute atomic E-state index is 12.5. The predicted molar refractivity (Wildman–Crippen MR) is 84.6 cm³/mol.